The lowest BCUT2D eigenvalue weighted by Crippen LogP contribution is -1.97. The van der Waals surface area contributed by atoms with Crippen molar-refractivity contribution in [3.63, 3.8) is 0 Å². The van der Waals surface area contributed by atoms with Crippen LogP contribution in [0.5, 0.6) is 0 Å². The Balaban J connectivity index is 2.04. The Morgan fingerprint density at radius 3 is 2.36 bits per heavy atom. The molecule has 0 spiro atoms. The van der Waals surface area contributed by atoms with Crippen LogP contribution in [0.4, 0.5) is 0 Å². The molecule has 0 aromatic rings. The van der Waals surface area contributed by atoms with Gasteiger partial charge in [0.25, 0.3) is 0 Å². The molecular weight excluding hydrogens is 132 g/mol. The van der Waals surface area contributed by atoms with E-state index in [-0.39, 0.29) is 0 Å². The molecule has 2 unspecified atom stereocenters. The van der Waals surface area contributed by atoms with Crippen LogP contribution in [0, 0.1) is 17.3 Å². The summed E-state index contributed by atoms with van der Waals surface area (Å²) in [6.45, 7) is 9.46. The molecule has 1 aliphatic carbocycles. The molecule has 0 bridgehead atoms. The maximum atomic E-state index is 2.44. The minimum atomic E-state index is 0.745. The van der Waals surface area contributed by atoms with Crippen LogP contribution in [0.3, 0.4) is 0 Å². The van der Waals surface area contributed by atoms with Crippen LogP contribution >= 0.6 is 0 Å². The lowest BCUT2D eigenvalue weighted by atomic mass is 9.96. The van der Waals surface area contributed by atoms with Crippen molar-refractivity contribution in [2.75, 3.05) is 0 Å². The summed E-state index contributed by atoms with van der Waals surface area (Å²) < 4.78 is 0. The highest BCUT2D eigenvalue weighted by molar-refractivity contribution is 4.95. The SMILES string of the molecule is CC(C)CCCC1(C)CC1C. The van der Waals surface area contributed by atoms with Gasteiger partial charge in [0.2, 0.25) is 0 Å². The molecule has 11 heavy (non-hydrogen) atoms. The van der Waals surface area contributed by atoms with Crippen LogP contribution in [0.2, 0.25) is 0 Å². The molecule has 1 aliphatic rings. The van der Waals surface area contributed by atoms with Gasteiger partial charge in [-0.2, -0.15) is 0 Å². The van der Waals surface area contributed by atoms with Crippen molar-refractivity contribution in [1.29, 1.82) is 0 Å². The maximum absolute atomic E-state index is 2.44. The first-order valence-corrected chi connectivity index (χ1v) is 5.04. The van der Waals surface area contributed by atoms with Crippen molar-refractivity contribution in [3.05, 3.63) is 0 Å². The monoisotopic (exact) mass is 154 g/mol. The molecule has 0 aliphatic heterocycles. The first-order chi connectivity index (χ1) is 5.04. The first-order valence-electron chi connectivity index (χ1n) is 5.04. The van der Waals surface area contributed by atoms with Gasteiger partial charge >= 0.3 is 0 Å². The fourth-order valence-electron chi connectivity index (χ4n) is 1.90. The fraction of sp³-hybridized carbons (Fsp3) is 1.00. The Bertz CT molecular complexity index is 126. The average Bonchev–Trinajstić information content (AvgIpc) is 2.39. The number of rotatable bonds is 4. The summed E-state index contributed by atoms with van der Waals surface area (Å²) in [6, 6.07) is 0. The summed E-state index contributed by atoms with van der Waals surface area (Å²) in [5, 5.41) is 0. The normalized spacial score (nSPS) is 36.3. The summed E-state index contributed by atoms with van der Waals surface area (Å²) >= 11 is 0. The van der Waals surface area contributed by atoms with Crippen LogP contribution in [-0.2, 0) is 0 Å². The van der Waals surface area contributed by atoms with Crippen LogP contribution < -0.4 is 0 Å². The lowest BCUT2D eigenvalue weighted by Gasteiger charge is -2.10. The van der Waals surface area contributed by atoms with Crippen LogP contribution in [-0.4, -0.2) is 0 Å². The van der Waals surface area contributed by atoms with E-state index in [1.54, 1.807) is 0 Å². The Hall–Kier alpha value is 0. The molecule has 1 fully saturated rings. The van der Waals surface area contributed by atoms with Crippen molar-refractivity contribution >= 4 is 0 Å². The van der Waals surface area contributed by atoms with Gasteiger partial charge in [-0.3, -0.25) is 0 Å². The minimum Gasteiger partial charge on any atom is -0.0628 e. The van der Waals surface area contributed by atoms with Gasteiger partial charge in [-0.25, -0.2) is 0 Å². The van der Waals surface area contributed by atoms with Crippen LogP contribution in [0.25, 0.3) is 0 Å². The largest absolute Gasteiger partial charge is 0.0628 e. The molecule has 0 N–H and O–H groups in total. The van der Waals surface area contributed by atoms with Crippen LogP contribution in [0.1, 0.15) is 53.4 Å². The van der Waals surface area contributed by atoms with Gasteiger partial charge < -0.3 is 0 Å². The third kappa shape index (κ3) is 2.50. The lowest BCUT2D eigenvalue weighted by molar-refractivity contribution is 0.420. The van der Waals surface area contributed by atoms with Gasteiger partial charge in [0, 0.05) is 0 Å². The van der Waals surface area contributed by atoms with Crippen molar-refractivity contribution < 1.29 is 0 Å². The zero-order valence-electron chi connectivity index (χ0n) is 8.48. The van der Waals surface area contributed by atoms with E-state index < -0.39 is 0 Å². The second-order valence-corrected chi connectivity index (χ2v) is 5.05. The molecule has 0 radical (unpaired) electrons. The van der Waals surface area contributed by atoms with E-state index in [1.807, 2.05) is 0 Å². The first kappa shape index (κ1) is 9.09. The number of hydrogen-bond donors (Lipinski definition) is 0. The van der Waals surface area contributed by atoms with Gasteiger partial charge in [0.15, 0.2) is 0 Å². The standard InChI is InChI=1S/C11H22/c1-9(2)6-5-7-11(4)8-10(11)3/h9-10H,5-8H2,1-4H3. The predicted octanol–water partition coefficient (Wildman–Crippen LogP) is 3.86. The van der Waals surface area contributed by atoms with E-state index >= 15 is 0 Å². The number of hydrogen-bond acceptors (Lipinski definition) is 0. The molecule has 2 atom stereocenters. The maximum Gasteiger partial charge on any atom is -0.0297 e. The van der Waals surface area contributed by atoms with Crippen LogP contribution in [0.15, 0.2) is 0 Å². The van der Waals surface area contributed by atoms with Gasteiger partial charge in [-0.15, -0.1) is 0 Å². The quantitative estimate of drug-likeness (QED) is 0.577. The summed E-state index contributed by atoms with van der Waals surface area (Å²) in [4.78, 5) is 0. The van der Waals surface area contributed by atoms with E-state index in [1.165, 1.54) is 25.7 Å². The molecule has 1 rings (SSSR count). The van der Waals surface area contributed by atoms with Crippen molar-refractivity contribution in [1.82, 2.24) is 0 Å². The Morgan fingerprint density at radius 2 is 2.00 bits per heavy atom. The highest BCUT2D eigenvalue weighted by atomic mass is 14.5. The fourth-order valence-corrected chi connectivity index (χ4v) is 1.90. The average molecular weight is 154 g/mol. The zero-order chi connectivity index (χ0) is 8.48. The summed E-state index contributed by atoms with van der Waals surface area (Å²) in [5.41, 5.74) is 0.745. The summed E-state index contributed by atoms with van der Waals surface area (Å²) in [5.74, 6) is 1.90. The van der Waals surface area contributed by atoms with E-state index in [9.17, 15) is 0 Å². The molecule has 0 nitrogen and oxygen atoms in total. The molecule has 0 aromatic carbocycles. The predicted molar refractivity (Wildman–Crippen MR) is 50.6 cm³/mol. The van der Waals surface area contributed by atoms with E-state index in [4.69, 9.17) is 0 Å². The molecular formula is C11H22. The molecule has 66 valence electrons. The second kappa shape index (κ2) is 3.16. The van der Waals surface area contributed by atoms with Gasteiger partial charge in [-0.1, -0.05) is 40.5 Å². The zero-order valence-corrected chi connectivity index (χ0v) is 8.48. The van der Waals surface area contributed by atoms with Gasteiger partial charge in [-0.05, 0) is 30.1 Å². The van der Waals surface area contributed by atoms with Crippen molar-refractivity contribution in [2.45, 2.75) is 53.4 Å². The van der Waals surface area contributed by atoms with Crippen molar-refractivity contribution in [2.24, 2.45) is 17.3 Å². The molecule has 1 saturated carbocycles. The topological polar surface area (TPSA) is 0 Å². The molecule has 0 heteroatoms. The Kier molecular flexibility index (Phi) is 2.61. The highest BCUT2D eigenvalue weighted by Gasteiger charge is 2.45. The molecule has 0 aromatic heterocycles. The van der Waals surface area contributed by atoms with E-state index in [0.29, 0.717) is 0 Å². The Morgan fingerprint density at radius 1 is 1.45 bits per heavy atom. The minimum absolute atomic E-state index is 0.745. The van der Waals surface area contributed by atoms with Crippen molar-refractivity contribution in [3.8, 4) is 0 Å². The van der Waals surface area contributed by atoms with Gasteiger partial charge in [0.1, 0.15) is 0 Å². The second-order valence-electron chi connectivity index (χ2n) is 5.05. The van der Waals surface area contributed by atoms with E-state index in [2.05, 4.69) is 27.7 Å². The molecule has 0 heterocycles. The summed E-state index contributed by atoms with van der Waals surface area (Å²) in [6.07, 6.45) is 5.80. The van der Waals surface area contributed by atoms with E-state index in [0.717, 1.165) is 17.3 Å². The van der Waals surface area contributed by atoms with Gasteiger partial charge in [0.05, 0.1) is 0 Å². The summed E-state index contributed by atoms with van der Waals surface area (Å²) in [7, 11) is 0. The Labute approximate surface area is 71.4 Å². The highest BCUT2D eigenvalue weighted by Crippen LogP contribution is 2.55. The molecule has 0 saturated heterocycles. The molecule has 0 amide bonds. The third-order valence-electron chi connectivity index (χ3n) is 3.33. The third-order valence-corrected chi connectivity index (χ3v) is 3.33. The smallest absolute Gasteiger partial charge is 0.0297 e.